The van der Waals surface area contributed by atoms with Gasteiger partial charge in [0.15, 0.2) is 0 Å². The van der Waals surface area contributed by atoms with E-state index in [9.17, 15) is 4.79 Å². The predicted octanol–water partition coefficient (Wildman–Crippen LogP) is 2.63. The number of aromatic nitrogens is 2. The second-order valence-corrected chi connectivity index (χ2v) is 6.07. The lowest BCUT2D eigenvalue weighted by molar-refractivity contribution is 0.0696. The molecule has 1 fully saturated rings. The van der Waals surface area contributed by atoms with Gasteiger partial charge in [0.05, 0.1) is 5.56 Å². The maximum absolute atomic E-state index is 10.8. The lowest BCUT2D eigenvalue weighted by atomic mass is 10.3. The molecule has 1 aliphatic rings. The Kier molecular flexibility index (Phi) is 4.24. The number of halogens is 1. The van der Waals surface area contributed by atoms with E-state index in [-0.39, 0.29) is 11.6 Å². The Hall–Kier alpha value is -2.15. The molecule has 114 valence electrons. The van der Waals surface area contributed by atoms with E-state index < -0.39 is 5.97 Å². The van der Waals surface area contributed by atoms with Gasteiger partial charge in [0.1, 0.15) is 0 Å². The third-order valence-electron chi connectivity index (χ3n) is 3.61. The molecule has 1 saturated heterocycles. The molecule has 22 heavy (non-hydrogen) atoms. The van der Waals surface area contributed by atoms with E-state index in [1.165, 1.54) is 18.1 Å². The molecular weight excluding hydrogens is 348 g/mol. The van der Waals surface area contributed by atoms with Crippen LogP contribution in [-0.4, -0.2) is 40.2 Å². The highest BCUT2D eigenvalue weighted by molar-refractivity contribution is 9.10. The van der Waals surface area contributed by atoms with Crippen LogP contribution in [0.5, 0.6) is 0 Å². The van der Waals surface area contributed by atoms with Gasteiger partial charge in [0, 0.05) is 41.7 Å². The Labute approximate surface area is 136 Å². The molecule has 1 aliphatic heterocycles. The number of carbonyl (C=O) groups is 1. The Morgan fingerprint density at radius 1 is 1.27 bits per heavy atom. The van der Waals surface area contributed by atoms with Crippen LogP contribution in [0.15, 0.2) is 41.1 Å². The van der Waals surface area contributed by atoms with Gasteiger partial charge in [-0.25, -0.2) is 14.8 Å². The lowest BCUT2D eigenvalue weighted by Gasteiger charge is -2.19. The van der Waals surface area contributed by atoms with Gasteiger partial charge in [-0.3, -0.25) is 0 Å². The summed E-state index contributed by atoms with van der Waals surface area (Å²) in [6.45, 7) is 1.83. The van der Waals surface area contributed by atoms with Gasteiger partial charge in [-0.15, -0.1) is 0 Å². The number of nitrogens with one attached hydrogen (secondary N) is 1. The molecule has 1 aromatic carbocycles. The van der Waals surface area contributed by atoms with Crippen molar-refractivity contribution in [3.63, 3.8) is 0 Å². The van der Waals surface area contributed by atoms with Gasteiger partial charge < -0.3 is 15.3 Å². The highest BCUT2D eigenvalue weighted by Gasteiger charge is 2.23. The summed E-state index contributed by atoms with van der Waals surface area (Å²) in [7, 11) is 0. The zero-order valence-electron chi connectivity index (χ0n) is 11.7. The first-order valence-electron chi connectivity index (χ1n) is 6.94. The Balaban J connectivity index is 1.61. The van der Waals surface area contributed by atoms with Gasteiger partial charge in [-0.05, 0) is 30.7 Å². The topological polar surface area (TPSA) is 78.3 Å². The maximum Gasteiger partial charge on any atom is 0.338 e. The van der Waals surface area contributed by atoms with Crippen LogP contribution in [-0.2, 0) is 0 Å². The van der Waals surface area contributed by atoms with E-state index in [1.807, 2.05) is 12.1 Å². The largest absolute Gasteiger partial charge is 0.478 e. The minimum atomic E-state index is -1.02. The molecular formula is C15H15BrN4O2. The van der Waals surface area contributed by atoms with Crippen LogP contribution in [0.2, 0.25) is 0 Å². The average Bonchev–Trinajstić information content (AvgIpc) is 2.97. The summed E-state index contributed by atoms with van der Waals surface area (Å²) < 4.78 is 1.07. The number of anilines is 2. The SMILES string of the molecule is O=C(O)c1cnc(NC2CCN(c3ccc(Br)cc3)C2)nc1. The fourth-order valence-electron chi connectivity index (χ4n) is 2.46. The minimum absolute atomic E-state index is 0.0912. The Morgan fingerprint density at radius 2 is 1.95 bits per heavy atom. The number of carboxylic acids is 1. The van der Waals surface area contributed by atoms with Crippen molar-refractivity contribution < 1.29 is 9.90 Å². The summed E-state index contributed by atoms with van der Waals surface area (Å²) >= 11 is 3.44. The summed E-state index contributed by atoms with van der Waals surface area (Å²) in [6, 6.07) is 8.49. The quantitative estimate of drug-likeness (QED) is 0.870. The van der Waals surface area contributed by atoms with Crippen LogP contribution in [0.25, 0.3) is 0 Å². The monoisotopic (exact) mass is 362 g/mol. The van der Waals surface area contributed by atoms with Crippen LogP contribution in [0, 0.1) is 0 Å². The second-order valence-electron chi connectivity index (χ2n) is 5.15. The van der Waals surface area contributed by atoms with Crippen molar-refractivity contribution in [1.29, 1.82) is 0 Å². The van der Waals surface area contributed by atoms with Crippen molar-refractivity contribution in [2.24, 2.45) is 0 Å². The molecule has 0 spiro atoms. The van der Waals surface area contributed by atoms with E-state index in [0.29, 0.717) is 5.95 Å². The first-order chi connectivity index (χ1) is 10.6. The first-order valence-corrected chi connectivity index (χ1v) is 7.73. The molecule has 2 heterocycles. The molecule has 1 atom stereocenters. The van der Waals surface area contributed by atoms with E-state index in [4.69, 9.17) is 5.11 Å². The molecule has 3 rings (SSSR count). The Morgan fingerprint density at radius 3 is 2.59 bits per heavy atom. The number of rotatable bonds is 4. The lowest BCUT2D eigenvalue weighted by Crippen LogP contribution is -2.26. The third-order valence-corrected chi connectivity index (χ3v) is 4.14. The summed E-state index contributed by atoms with van der Waals surface area (Å²) in [5.41, 5.74) is 1.28. The van der Waals surface area contributed by atoms with Gasteiger partial charge in [0.25, 0.3) is 0 Å². The molecule has 2 aromatic rings. The predicted molar refractivity (Wildman–Crippen MR) is 87.4 cm³/mol. The highest BCUT2D eigenvalue weighted by atomic mass is 79.9. The number of carboxylic acid groups (broad SMARTS) is 1. The smallest absolute Gasteiger partial charge is 0.338 e. The first kappa shape index (κ1) is 14.8. The molecule has 0 aliphatic carbocycles. The normalized spacial score (nSPS) is 17.5. The van der Waals surface area contributed by atoms with Gasteiger partial charge in [0.2, 0.25) is 5.95 Å². The van der Waals surface area contributed by atoms with Crippen molar-refractivity contribution in [1.82, 2.24) is 9.97 Å². The summed E-state index contributed by atoms with van der Waals surface area (Å²) in [5.74, 6) is -0.554. The number of hydrogen-bond donors (Lipinski definition) is 2. The summed E-state index contributed by atoms with van der Waals surface area (Å²) in [6.07, 6.45) is 3.62. The number of nitrogens with zero attached hydrogens (tertiary/aromatic N) is 3. The standard InChI is InChI=1S/C15H15BrN4O2/c16-11-1-3-13(4-2-11)20-6-5-12(9-20)19-15-17-7-10(8-18-15)14(21)22/h1-4,7-8,12H,5-6,9H2,(H,21,22)(H,17,18,19). The van der Waals surface area contributed by atoms with E-state index in [1.54, 1.807) is 0 Å². The van der Waals surface area contributed by atoms with Crippen LogP contribution < -0.4 is 10.2 Å². The second kappa shape index (κ2) is 6.31. The molecule has 6 nitrogen and oxygen atoms in total. The third kappa shape index (κ3) is 3.36. The van der Waals surface area contributed by atoms with Crippen LogP contribution in [0.1, 0.15) is 16.8 Å². The van der Waals surface area contributed by atoms with Crippen LogP contribution in [0.3, 0.4) is 0 Å². The van der Waals surface area contributed by atoms with E-state index in [2.05, 4.69) is 48.2 Å². The van der Waals surface area contributed by atoms with E-state index in [0.717, 1.165) is 24.0 Å². The Bertz CT molecular complexity index is 660. The fraction of sp³-hybridized carbons (Fsp3) is 0.267. The molecule has 1 unspecified atom stereocenters. The van der Waals surface area contributed by atoms with Crippen LogP contribution >= 0.6 is 15.9 Å². The molecule has 1 aromatic heterocycles. The molecule has 0 amide bonds. The van der Waals surface area contributed by atoms with Crippen molar-refractivity contribution in [3.05, 3.63) is 46.7 Å². The van der Waals surface area contributed by atoms with Crippen molar-refractivity contribution in [2.45, 2.75) is 12.5 Å². The van der Waals surface area contributed by atoms with Gasteiger partial charge in [-0.2, -0.15) is 0 Å². The molecule has 0 bridgehead atoms. The molecule has 2 N–H and O–H groups in total. The van der Waals surface area contributed by atoms with Crippen molar-refractivity contribution >= 4 is 33.5 Å². The van der Waals surface area contributed by atoms with Gasteiger partial charge >= 0.3 is 5.97 Å². The summed E-state index contributed by atoms with van der Waals surface area (Å²) in [5, 5.41) is 12.1. The van der Waals surface area contributed by atoms with Crippen molar-refractivity contribution in [2.75, 3.05) is 23.3 Å². The average molecular weight is 363 g/mol. The maximum atomic E-state index is 10.8. The molecule has 7 heteroatoms. The highest BCUT2D eigenvalue weighted by Crippen LogP contribution is 2.23. The zero-order chi connectivity index (χ0) is 15.5. The van der Waals surface area contributed by atoms with Crippen molar-refractivity contribution in [3.8, 4) is 0 Å². The molecule has 0 saturated carbocycles. The fourth-order valence-corrected chi connectivity index (χ4v) is 2.72. The summed E-state index contributed by atoms with van der Waals surface area (Å²) in [4.78, 5) is 21.2. The van der Waals surface area contributed by atoms with Crippen LogP contribution in [0.4, 0.5) is 11.6 Å². The van der Waals surface area contributed by atoms with Gasteiger partial charge in [-0.1, -0.05) is 15.9 Å². The number of aromatic carboxylic acids is 1. The van der Waals surface area contributed by atoms with E-state index >= 15 is 0 Å². The number of benzene rings is 1. The minimum Gasteiger partial charge on any atom is -0.478 e. The molecule has 0 radical (unpaired) electrons. The zero-order valence-corrected chi connectivity index (χ0v) is 13.3. The number of hydrogen-bond acceptors (Lipinski definition) is 5.